The molecular formula is C18H25N3OS. The fourth-order valence-electron chi connectivity index (χ4n) is 3.12. The average molecular weight is 331 g/mol. The van der Waals surface area contributed by atoms with Crippen molar-refractivity contribution < 1.29 is 4.74 Å². The summed E-state index contributed by atoms with van der Waals surface area (Å²) in [5.74, 6) is 1.63. The van der Waals surface area contributed by atoms with Crippen LogP contribution in [0.1, 0.15) is 30.5 Å². The van der Waals surface area contributed by atoms with Crippen LogP contribution in [0.15, 0.2) is 35.7 Å². The van der Waals surface area contributed by atoms with E-state index in [0.29, 0.717) is 12.6 Å². The summed E-state index contributed by atoms with van der Waals surface area (Å²) in [4.78, 5) is 7.22. The highest BCUT2D eigenvalue weighted by Crippen LogP contribution is 2.24. The molecule has 2 atom stereocenters. The topological polar surface area (TPSA) is 51.4 Å². The van der Waals surface area contributed by atoms with E-state index in [0.717, 1.165) is 42.0 Å². The van der Waals surface area contributed by atoms with Crippen molar-refractivity contribution in [1.29, 1.82) is 0 Å². The Morgan fingerprint density at radius 2 is 2.13 bits per heavy atom. The molecule has 1 aromatic carbocycles. The molecule has 5 heteroatoms. The number of benzene rings is 1. The summed E-state index contributed by atoms with van der Waals surface area (Å²) in [7, 11) is 0. The van der Waals surface area contributed by atoms with Gasteiger partial charge in [-0.3, -0.25) is 4.90 Å². The van der Waals surface area contributed by atoms with E-state index in [2.05, 4.69) is 17.2 Å². The highest BCUT2D eigenvalue weighted by atomic mass is 32.1. The Kier molecular flexibility index (Phi) is 5.65. The molecule has 3 rings (SSSR count). The molecule has 23 heavy (non-hydrogen) atoms. The zero-order chi connectivity index (χ0) is 16.1. The molecule has 0 saturated carbocycles. The first kappa shape index (κ1) is 16.4. The van der Waals surface area contributed by atoms with E-state index < -0.39 is 0 Å². The lowest BCUT2D eigenvalue weighted by molar-refractivity contribution is 0.109. The third-order valence-electron chi connectivity index (χ3n) is 4.40. The smallest absolute Gasteiger partial charge is 0.140 e. The predicted molar refractivity (Wildman–Crippen MR) is 94.5 cm³/mol. The van der Waals surface area contributed by atoms with Gasteiger partial charge in [-0.15, -0.1) is 11.3 Å². The Hall–Kier alpha value is -1.43. The summed E-state index contributed by atoms with van der Waals surface area (Å²) in [6.45, 7) is 5.61. The van der Waals surface area contributed by atoms with Crippen molar-refractivity contribution in [1.82, 2.24) is 9.88 Å². The van der Waals surface area contributed by atoms with E-state index in [1.807, 2.05) is 30.3 Å². The molecule has 2 unspecified atom stereocenters. The van der Waals surface area contributed by atoms with Gasteiger partial charge in [-0.1, -0.05) is 25.1 Å². The molecule has 4 nitrogen and oxygen atoms in total. The number of para-hydroxylation sites is 1. The van der Waals surface area contributed by atoms with Crippen LogP contribution in [0.3, 0.4) is 0 Å². The largest absolute Gasteiger partial charge is 0.486 e. The molecule has 2 aromatic rings. The monoisotopic (exact) mass is 331 g/mol. The van der Waals surface area contributed by atoms with Gasteiger partial charge in [-0.25, -0.2) is 4.98 Å². The first-order valence-corrected chi connectivity index (χ1v) is 9.18. The second-order valence-electron chi connectivity index (χ2n) is 6.34. The number of hydrogen-bond donors (Lipinski definition) is 1. The van der Waals surface area contributed by atoms with Gasteiger partial charge in [0.25, 0.3) is 0 Å². The van der Waals surface area contributed by atoms with Gasteiger partial charge in [0.2, 0.25) is 0 Å². The molecule has 124 valence electrons. The second-order valence-corrected chi connectivity index (χ2v) is 7.28. The molecule has 0 aliphatic carbocycles. The number of aromatic nitrogens is 1. The van der Waals surface area contributed by atoms with E-state index in [-0.39, 0.29) is 0 Å². The van der Waals surface area contributed by atoms with Gasteiger partial charge in [-0.2, -0.15) is 0 Å². The number of piperidine rings is 1. The lowest BCUT2D eigenvalue weighted by Crippen LogP contribution is -2.46. The van der Waals surface area contributed by atoms with Crippen LogP contribution in [0.4, 0.5) is 0 Å². The van der Waals surface area contributed by atoms with Crippen LogP contribution in [0, 0.1) is 5.92 Å². The summed E-state index contributed by atoms with van der Waals surface area (Å²) < 4.78 is 5.77. The number of hydrogen-bond acceptors (Lipinski definition) is 5. The van der Waals surface area contributed by atoms with Crippen molar-refractivity contribution in [2.45, 2.75) is 39.0 Å². The SMILES string of the molecule is CC1CCC(CN)N(Cc2csc(COc3ccccc3)n2)C1. The van der Waals surface area contributed by atoms with Crippen LogP contribution >= 0.6 is 11.3 Å². The molecular weight excluding hydrogens is 306 g/mol. The lowest BCUT2D eigenvalue weighted by Gasteiger charge is -2.37. The van der Waals surface area contributed by atoms with Crippen molar-refractivity contribution in [3.8, 4) is 5.75 Å². The fourth-order valence-corrected chi connectivity index (χ4v) is 3.81. The predicted octanol–water partition coefficient (Wildman–Crippen LogP) is 3.28. The number of nitrogens with two attached hydrogens (primary N) is 1. The fraction of sp³-hybridized carbons (Fsp3) is 0.500. The number of nitrogens with zero attached hydrogens (tertiary/aromatic N) is 2. The highest BCUT2D eigenvalue weighted by Gasteiger charge is 2.25. The van der Waals surface area contributed by atoms with Crippen LogP contribution < -0.4 is 10.5 Å². The molecule has 0 bridgehead atoms. The normalized spacial score (nSPS) is 22.2. The highest BCUT2D eigenvalue weighted by molar-refractivity contribution is 7.09. The van der Waals surface area contributed by atoms with Gasteiger partial charge in [0.1, 0.15) is 17.4 Å². The lowest BCUT2D eigenvalue weighted by atomic mass is 9.94. The number of rotatable bonds is 6. The minimum Gasteiger partial charge on any atom is -0.486 e. The Morgan fingerprint density at radius 3 is 2.91 bits per heavy atom. The minimum atomic E-state index is 0.497. The standard InChI is InChI=1S/C18H25N3OS/c1-14-7-8-16(9-19)21(10-14)11-15-13-23-18(20-15)12-22-17-5-3-2-4-6-17/h2-6,13-14,16H,7-12,19H2,1H3. The Bertz CT molecular complexity index is 601. The first-order chi connectivity index (χ1) is 11.2. The van der Waals surface area contributed by atoms with Crippen molar-refractivity contribution in [3.63, 3.8) is 0 Å². The van der Waals surface area contributed by atoms with E-state index in [1.54, 1.807) is 11.3 Å². The van der Waals surface area contributed by atoms with Gasteiger partial charge >= 0.3 is 0 Å². The van der Waals surface area contributed by atoms with Crippen molar-refractivity contribution in [2.75, 3.05) is 13.1 Å². The summed E-state index contributed by atoms with van der Waals surface area (Å²) in [6, 6.07) is 10.4. The van der Waals surface area contributed by atoms with Crippen LogP contribution in [-0.2, 0) is 13.2 Å². The second kappa shape index (κ2) is 7.90. The maximum Gasteiger partial charge on any atom is 0.140 e. The summed E-state index contributed by atoms with van der Waals surface area (Å²) in [6.07, 6.45) is 2.48. The molecule has 2 N–H and O–H groups in total. The van der Waals surface area contributed by atoms with Crippen LogP contribution in [0.5, 0.6) is 5.75 Å². The van der Waals surface area contributed by atoms with E-state index in [1.165, 1.54) is 12.8 Å². The quantitative estimate of drug-likeness (QED) is 0.882. The number of ether oxygens (including phenoxy) is 1. The van der Waals surface area contributed by atoms with E-state index >= 15 is 0 Å². The molecule has 1 aromatic heterocycles. The first-order valence-electron chi connectivity index (χ1n) is 8.30. The van der Waals surface area contributed by atoms with Gasteiger partial charge in [-0.05, 0) is 30.9 Å². The molecule has 1 fully saturated rings. The van der Waals surface area contributed by atoms with Gasteiger partial charge in [0, 0.05) is 31.1 Å². The van der Waals surface area contributed by atoms with Crippen LogP contribution in [0.2, 0.25) is 0 Å². The molecule has 0 spiro atoms. The van der Waals surface area contributed by atoms with Crippen molar-refractivity contribution in [2.24, 2.45) is 11.7 Å². The van der Waals surface area contributed by atoms with Crippen molar-refractivity contribution in [3.05, 3.63) is 46.4 Å². The number of thiazole rings is 1. The molecule has 0 radical (unpaired) electrons. The third kappa shape index (κ3) is 4.53. The summed E-state index contributed by atoms with van der Waals surface area (Å²) in [5, 5.41) is 3.18. The van der Waals surface area contributed by atoms with Gasteiger partial charge in [0.05, 0.1) is 5.69 Å². The maximum atomic E-state index is 5.93. The summed E-state index contributed by atoms with van der Waals surface area (Å²) in [5.41, 5.74) is 7.06. The Morgan fingerprint density at radius 1 is 1.30 bits per heavy atom. The average Bonchev–Trinajstić information content (AvgIpc) is 3.02. The number of likely N-dealkylation sites (tertiary alicyclic amines) is 1. The van der Waals surface area contributed by atoms with Crippen molar-refractivity contribution >= 4 is 11.3 Å². The minimum absolute atomic E-state index is 0.497. The van der Waals surface area contributed by atoms with Gasteiger partial charge in [0.15, 0.2) is 0 Å². The molecule has 2 heterocycles. The van der Waals surface area contributed by atoms with Gasteiger partial charge < -0.3 is 10.5 Å². The summed E-state index contributed by atoms with van der Waals surface area (Å²) >= 11 is 1.67. The zero-order valence-electron chi connectivity index (χ0n) is 13.6. The molecule has 1 saturated heterocycles. The zero-order valence-corrected chi connectivity index (χ0v) is 14.5. The molecule has 0 amide bonds. The molecule has 1 aliphatic rings. The molecule has 1 aliphatic heterocycles. The third-order valence-corrected chi connectivity index (χ3v) is 5.27. The Labute approximate surface area is 142 Å². The van der Waals surface area contributed by atoms with Crippen LogP contribution in [0.25, 0.3) is 0 Å². The Balaban J connectivity index is 1.56. The van der Waals surface area contributed by atoms with E-state index in [9.17, 15) is 0 Å². The van der Waals surface area contributed by atoms with E-state index in [4.69, 9.17) is 15.5 Å². The van der Waals surface area contributed by atoms with Crippen LogP contribution in [-0.4, -0.2) is 29.0 Å². The maximum absolute atomic E-state index is 5.93.